The summed E-state index contributed by atoms with van der Waals surface area (Å²) in [5.41, 5.74) is 1.21. The Morgan fingerprint density at radius 1 is 1.05 bits per heavy atom. The highest BCUT2D eigenvalue weighted by Gasteiger charge is 2.44. The van der Waals surface area contributed by atoms with Crippen LogP contribution in [0.15, 0.2) is 59.5 Å². The zero-order chi connectivity index (χ0) is 14.7. The molecule has 0 saturated heterocycles. The van der Waals surface area contributed by atoms with Crippen LogP contribution in [0.2, 0.25) is 5.02 Å². The molecule has 1 unspecified atom stereocenters. The predicted molar refractivity (Wildman–Crippen MR) is 90.2 cm³/mol. The molecule has 0 radical (unpaired) electrons. The molecule has 3 rings (SSSR count). The summed E-state index contributed by atoms with van der Waals surface area (Å²) in [6.45, 7) is 0. The molecule has 0 amide bonds. The van der Waals surface area contributed by atoms with Crippen LogP contribution in [-0.2, 0) is 5.41 Å². The molecule has 1 nitrogen and oxygen atoms in total. The Bertz CT molecular complexity index is 595. The zero-order valence-electron chi connectivity index (χ0n) is 11.8. The monoisotopic (exact) mass is 318 g/mol. The summed E-state index contributed by atoms with van der Waals surface area (Å²) in [6, 6.07) is 18.2. The summed E-state index contributed by atoms with van der Waals surface area (Å²) in [5, 5.41) is 11.5. The maximum Gasteiger partial charge on any atom is 0.0730 e. The van der Waals surface area contributed by atoms with Crippen LogP contribution in [0, 0.1) is 0 Å². The first kappa shape index (κ1) is 15.0. The van der Waals surface area contributed by atoms with Crippen molar-refractivity contribution >= 4 is 23.4 Å². The van der Waals surface area contributed by atoms with Crippen LogP contribution in [0.25, 0.3) is 0 Å². The maximum atomic E-state index is 10.8. The van der Waals surface area contributed by atoms with Gasteiger partial charge in [-0.2, -0.15) is 0 Å². The molecule has 1 saturated carbocycles. The molecule has 0 heterocycles. The van der Waals surface area contributed by atoms with Crippen molar-refractivity contribution < 1.29 is 5.11 Å². The smallest absolute Gasteiger partial charge is 0.0730 e. The van der Waals surface area contributed by atoms with Crippen molar-refractivity contribution in [2.24, 2.45) is 0 Å². The van der Waals surface area contributed by atoms with Gasteiger partial charge in [-0.25, -0.2) is 0 Å². The van der Waals surface area contributed by atoms with E-state index in [1.54, 1.807) is 11.8 Å². The molecular formula is C18H19ClOS. The van der Waals surface area contributed by atoms with Gasteiger partial charge in [-0.1, -0.05) is 60.5 Å². The summed E-state index contributed by atoms with van der Waals surface area (Å²) in [5.74, 6) is 0.679. The lowest BCUT2D eigenvalue weighted by Gasteiger charge is -2.46. The lowest BCUT2D eigenvalue weighted by molar-refractivity contribution is 0.0455. The lowest BCUT2D eigenvalue weighted by Crippen LogP contribution is -2.46. The van der Waals surface area contributed by atoms with Crippen molar-refractivity contribution in [3.8, 4) is 0 Å². The number of hydrogen-bond donors (Lipinski definition) is 1. The van der Waals surface area contributed by atoms with Crippen LogP contribution in [0.5, 0.6) is 0 Å². The number of thioether (sulfide) groups is 1. The minimum absolute atomic E-state index is 0.0600. The topological polar surface area (TPSA) is 20.2 Å². The number of rotatable bonds is 5. The highest BCUT2D eigenvalue weighted by atomic mass is 35.5. The number of hydrogen-bond acceptors (Lipinski definition) is 2. The summed E-state index contributed by atoms with van der Waals surface area (Å²) < 4.78 is 0. The van der Waals surface area contributed by atoms with Crippen LogP contribution >= 0.6 is 23.4 Å². The molecule has 0 aromatic heterocycles. The van der Waals surface area contributed by atoms with E-state index in [0.29, 0.717) is 5.75 Å². The van der Waals surface area contributed by atoms with E-state index < -0.39 is 0 Å². The molecule has 1 N–H and O–H groups in total. The van der Waals surface area contributed by atoms with E-state index in [2.05, 4.69) is 24.3 Å². The molecule has 1 atom stereocenters. The quantitative estimate of drug-likeness (QED) is 0.790. The number of aliphatic hydroxyl groups excluding tert-OH is 1. The Balaban J connectivity index is 1.72. The average molecular weight is 319 g/mol. The van der Waals surface area contributed by atoms with Crippen molar-refractivity contribution in [1.82, 2.24) is 0 Å². The molecular weight excluding hydrogens is 300 g/mol. The fourth-order valence-corrected chi connectivity index (χ4v) is 4.37. The molecule has 110 valence electrons. The molecule has 1 fully saturated rings. The lowest BCUT2D eigenvalue weighted by atomic mass is 9.61. The van der Waals surface area contributed by atoms with Gasteiger partial charge in [0, 0.05) is 16.1 Å². The molecule has 3 heteroatoms. The number of halogens is 1. The molecule has 0 aliphatic heterocycles. The first-order valence-electron chi connectivity index (χ1n) is 7.33. The third-order valence-electron chi connectivity index (χ3n) is 4.47. The van der Waals surface area contributed by atoms with Gasteiger partial charge < -0.3 is 5.11 Å². The highest BCUT2D eigenvalue weighted by molar-refractivity contribution is 7.99. The van der Waals surface area contributed by atoms with E-state index >= 15 is 0 Å². The normalized spacial score (nSPS) is 18.0. The Labute approximate surface area is 135 Å². The van der Waals surface area contributed by atoms with Gasteiger partial charge in [0.2, 0.25) is 0 Å². The molecule has 2 aromatic carbocycles. The zero-order valence-corrected chi connectivity index (χ0v) is 13.4. The van der Waals surface area contributed by atoms with Crippen molar-refractivity contribution in [2.75, 3.05) is 5.75 Å². The fourth-order valence-electron chi connectivity index (χ4n) is 3.03. The summed E-state index contributed by atoms with van der Waals surface area (Å²) >= 11 is 7.83. The van der Waals surface area contributed by atoms with Crippen LogP contribution < -0.4 is 0 Å². The molecule has 21 heavy (non-hydrogen) atoms. The Kier molecular flexibility index (Phi) is 4.58. The second-order valence-electron chi connectivity index (χ2n) is 5.63. The second kappa shape index (κ2) is 6.43. The standard InChI is InChI=1S/C18H19ClOS/c19-15-9-4-5-10-16(15)21-13-17(20)18(11-6-12-18)14-7-2-1-3-8-14/h1-5,7-10,17,20H,6,11-13H2. The third-order valence-corrected chi connectivity index (χ3v) is 6.06. The van der Waals surface area contributed by atoms with Crippen molar-refractivity contribution in [3.05, 3.63) is 65.2 Å². The van der Waals surface area contributed by atoms with Crippen molar-refractivity contribution in [2.45, 2.75) is 35.7 Å². The minimum atomic E-state index is -0.338. The molecule has 2 aromatic rings. The predicted octanol–water partition coefficient (Wildman–Crippen LogP) is 4.91. The van der Waals surface area contributed by atoms with Gasteiger partial charge in [-0.05, 0) is 30.5 Å². The van der Waals surface area contributed by atoms with Crippen LogP contribution in [0.1, 0.15) is 24.8 Å². The second-order valence-corrected chi connectivity index (χ2v) is 7.10. The van der Waals surface area contributed by atoms with Gasteiger partial charge >= 0.3 is 0 Å². The fraction of sp³-hybridized carbons (Fsp3) is 0.333. The first-order valence-corrected chi connectivity index (χ1v) is 8.70. The largest absolute Gasteiger partial charge is 0.391 e. The maximum absolute atomic E-state index is 10.8. The van der Waals surface area contributed by atoms with Crippen molar-refractivity contribution in [1.29, 1.82) is 0 Å². The number of benzene rings is 2. The van der Waals surface area contributed by atoms with Gasteiger partial charge in [0.15, 0.2) is 0 Å². The van der Waals surface area contributed by atoms with Crippen molar-refractivity contribution in [3.63, 3.8) is 0 Å². The van der Waals surface area contributed by atoms with Gasteiger partial charge in [-0.3, -0.25) is 0 Å². The van der Waals surface area contributed by atoms with E-state index in [4.69, 9.17) is 11.6 Å². The van der Waals surface area contributed by atoms with E-state index in [-0.39, 0.29) is 11.5 Å². The van der Waals surface area contributed by atoms with E-state index in [9.17, 15) is 5.11 Å². The molecule has 0 bridgehead atoms. The Morgan fingerprint density at radius 3 is 2.33 bits per heavy atom. The van der Waals surface area contributed by atoms with Gasteiger partial charge in [-0.15, -0.1) is 11.8 Å². The molecule has 1 aliphatic carbocycles. The van der Waals surface area contributed by atoms with E-state index in [1.807, 2.05) is 30.3 Å². The van der Waals surface area contributed by atoms with Crippen LogP contribution in [-0.4, -0.2) is 17.0 Å². The molecule has 1 aliphatic rings. The summed E-state index contributed by atoms with van der Waals surface area (Å²) in [4.78, 5) is 1.04. The first-order chi connectivity index (χ1) is 10.2. The minimum Gasteiger partial charge on any atom is -0.391 e. The Morgan fingerprint density at radius 2 is 1.71 bits per heavy atom. The summed E-state index contributed by atoms with van der Waals surface area (Å²) in [6.07, 6.45) is 3.00. The Hall–Kier alpha value is -0.960. The SMILES string of the molecule is OC(CSc1ccccc1Cl)C1(c2ccccc2)CCC1. The average Bonchev–Trinajstić information content (AvgIpc) is 2.46. The third kappa shape index (κ3) is 2.98. The highest BCUT2D eigenvalue weighted by Crippen LogP contribution is 2.47. The molecule has 0 spiro atoms. The van der Waals surface area contributed by atoms with Crippen LogP contribution in [0.4, 0.5) is 0 Å². The van der Waals surface area contributed by atoms with E-state index in [1.165, 1.54) is 12.0 Å². The van der Waals surface area contributed by atoms with Gasteiger partial charge in [0.1, 0.15) is 0 Å². The van der Waals surface area contributed by atoms with E-state index in [0.717, 1.165) is 22.8 Å². The van der Waals surface area contributed by atoms with Crippen LogP contribution in [0.3, 0.4) is 0 Å². The van der Waals surface area contributed by atoms with Gasteiger partial charge in [0.05, 0.1) is 11.1 Å². The number of aliphatic hydroxyl groups is 1. The summed E-state index contributed by atoms with van der Waals surface area (Å²) in [7, 11) is 0. The van der Waals surface area contributed by atoms with Gasteiger partial charge in [0.25, 0.3) is 0 Å².